The van der Waals surface area contributed by atoms with Gasteiger partial charge in [-0.05, 0) is 19.8 Å². The second-order valence-electron chi connectivity index (χ2n) is 4.39. The first-order chi connectivity index (χ1) is 5.61. The van der Waals surface area contributed by atoms with Crippen LogP contribution in [-0.2, 0) is 0 Å². The molecule has 1 N–H and O–H groups in total. The molecule has 0 aromatic heterocycles. The molecule has 4 heteroatoms. The molecule has 0 saturated carbocycles. The van der Waals surface area contributed by atoms with Crippen LogP contribution in [-0.4, -0.2) is 36.6 Å². The number of nitrogens with one attached hydrogen (secondary N) is 1. The molecule has 0 spiro atoms. The zero-order valence-electron chi connectivity index (χ0n) is 9.62. The van der Waals surface area contributed by atoms with Crippen molar-refractivity contribution in [1.82, 2.24) is 10.2 Å². The molecule has 1 fully saturated rings. The normalized spacial score (nSPS) is 23.1. The SMILES string of the molecule is CC(C)[C@@H]1CN(C(C)C)CCN1.Cl.Cl. The van der Waals surface area contributed by atoms with E-state index in [0.29, 0.717) is 12.1 Å². The van der Waals surface area contributed by atoms with Crippen molar-refractivity contribution in [2.24, 2.45) is 5.92 Å². The highest BCUT2D eigenvalue weighted by Gasteiger charge is 2.22. The smallest absolute Gasteiger partial charge is 0.0218 e. The van der Waals surface area contributed by atoms with Crippen LogP contribution < -0.4 is 5.32 Å². The Bertz CT molecular complexity index is 126. The van der Waals surface area contributed by atoms with Crippen LogP contribution >= 0.6 is 24.8 Å². The molecule has 0 aliphatic carbocycles. The molecule has 1 saturated heterocycles. The molecule has 88 valence electrons. The third kappa shape index (κ3) is 4.83. The van der Waals surface area contributed by atoms with Crippen molar-refractivity contribution in [3.8, 4) is 0 Å². The van der Waals surface area contributed by atoms with E-state index in [1.807, 2.05) is 0 Å². The van der Waals surface area contributed by atoms with Crippen LogP contribution in [0.3, 0.4) is 0 Å². The Hall–Kier alpha value is 0.500. The molecule has 0 bridgehead atoms. The van der Waals surface area contributed by atoms with Gasteiger partial charge >= 0.3 is 0 Å². The van der Waals surface area contributed by atoms with Crippen LogP contribution in [0.1, 0.15) is 27.7 Å². The first kappa shape index (κ1) is 16.9. The Morgan fingerprint density at radius 2 is 1.71 bits per heavy atom. The van der Waals surface area contributed by atoms with Crippen LogP contribution in [0, 0.1) is 5.92 Å². The van der Waals surface area contributed by atoms with E-state index in [9.17, 15) is 0 Å². The van der Waals surface area contributed by atoms with Gasteiger partial charge < -0.3 is 5.32 Å². The summed E-state index contributed by atoms with van der Waals surface area (Å²) >= 11 is 0. The zero-order chi connectivity index (χ0) is 9.14. The molecule has 14 heavy (non-hydrogen) atoms. The number of nitrogens with zero attached hydrogens (tertiary/aromatic N) is 1. The molecule has 0 unspecified atom stereocenters. The van der Waals surface area contributed by atoms with Crippen molar-refractivity contribution in [2.75, 3.05) is 19.6 Å². The van der Waals surface area contributed by atoms with Gasteiger partial charge in [0, 0.05) is 31.7 Å². The zero-order valence-corrected chi connectivity index (χ0v) is 11.3. The standard InChI is InChI=1S/C10H22N2.2ClH/c1-8(2)10-7-12(9(3)4)6-5-11-10;;/h8-11H,5-7H2,1-4H3;2*1H/t10-;;/m0../s1. The summed E-state index contributed by atoms with van der Waals surface area (Å²) in [6, 6.07) is 1.40. The molecule has 2 nitrogen and oxygen atoms in total. The van der Waals surface area contributed by atoms with Crippen LogP contribution in [0.2, 0.25) is 0 Å². The highest BCUT2D eigenvalue weighted by molar-refractivity contribution is 5.85. The van der Waals surface area contributed by atoms with Crippen molar-refractivity contribution in [1.29, 1.82) is 0 Å². The second-order valence-corrected chi connectivity index (χ2v) is 4.39. The van der Waals surface area contributed by atoms with E-state index >= 15 is 0 Å². The minimum atomic E-state index is 0. The Balaban J connectivity index is 0. The van der Waals surface area contributed by atoms with Gasteiger partial charge in [-0.25, -0.2) is 0 Å². The van der Waals surface area contributed by atoms with Crippen LogP contribution in [0.4, 0.5) is 0 Å². The Kier molecular flexibility index (Phi) is 9.36. The topological polar surface area (TPSA) is 15.3 Å². The molecule has 1 heterocycles. The molecule has 1 aliphatic heterocycles. The number of rotatable bonds is 2. The maximum Gasteiger partial charge on any atom is 0.0218 e. The summed E-state index contributed by atoms with van der Waals surface area (Å²) in [6.07, 6.45) is 0. The lowest BCUT2D eigenvalue weighted by molar-refractivity contribution is 0.143. The number of piperazine rings is 1. The summed E-state index contributed by atoms with van der Waals surface area (Å²) in [6.45, 7) is 12.7. The summed E-state index contributed by atoms with van der Waals surface area (Å²) in [5, 5.41) is 3.56. The lowest BCUT2D eigenvalue weighted by Gasteiger charge is -2.38. The number of hydrogen-bond acceptors (Lipinski definition) is 2. The van der Waals surface area contributed by atoms with Gasteiger partial charge in [0.1, 0.15) is 0 Å². The van der Waals surface area contributed by atoms with Crippen LogP contribution in [0.25, 0.3) is 0 Å². The first-order valence-electron chi connectivity index (χ1n) is 5.08. The molecule has 1 atom stereocenters. The maximum atomic E-state index is 3.56. The maximum absolute atomic E-state index is 3.56. The minimum Gasteiger partial charge on any atom is -0.311 e. The second kappa shape index (κ2) is 7.75. The predicted molar refractivity (Wildman–Crippen MR) is 67.8 cm³/mol. The molecule has 0 radical (unpaired) electrons. The summed E-state index contributed by atoms with van der Waals surface area (Å²) in [5.74, 6) is 0.756. The quantitative estimate of drug-likeness (QED) is 0.799. The van der Waals surface area contributed by atoms with Crippen molar-refractivity contribution in [3.05, 3.63) is 0 Å². The summed E-state index contributed by atoms with van der Waals surface area (Å²) < 4.78 is 0. The van der Waals surface area contributed by atoms with E-state index in [1.54, 1.807) is 0 Å². The first-order valence-corrected chi connectivity index (χ1v) is 5.08. The van der Waals surface area contributed by atoms with Crippen molar-refractivity contribution in [3.63, 3.8) is 0 Å². The monoisotopic (exact) mass is 242 g/mol. The van der Waals surface area contributed by atoms with E-state index in [2.05, 4.69) is 37.9 Å². The van der Waals surface area contributed by atoms with E-state index in [1.165, 1.54) is 13.1 Å². The largest absolute Gasteiger partial charge is 0.311 e. The fourth-order valence-corrected chi connectivity index (χ4v) is 1.72. The molecule has 1 rings (SSSR count). The Morgan fingerprint density at radius 1 is 1.14 bits per heavy atom. The Morgan fingerprint density at radius 3 is 2.14 bits per heavy atom. The highest BCUT2D eigenvalue weighted by atomic mass is 35.5. The van der Waals surface area contributed by atoms with E-state index in [4.69, 9.17) is 0 Å². The fraction of sp³-hybridized carbons (Fsp3) is 1.00. The average Bonchev–Trinajstić information content (AvgIpc) is 2.04. The molecule has 0 amide bonds. The molecule has 1 aliphatic rings. The third-order valence-corrected chi connectivity index (χ3v) is 2.77. The third-order valence-electron chi connectivity index (χ3n) is 2.77. The minimum absolute atomic E-state index is 0. The molecule has 0 aromatic rings. The lowest BCUT2D eigenvalue weighted by atomic mass is 10.0. The van der Waals surface area contributed by atoms with E-state index < -0.39 is 0 Å². The van der Waals surface area contributed by atoms with Gasteiger partial charge in [0.05, 0.1) is 0 Å². The summed E-state index contributed by atoms with van der Waals surface area (Å²) in [5.41, 5.74) is 0. The number of halogens is 2. The average molecular weight is 243 g/mol. The number of hydrogen-bond donors (Lipinski definition) is 1. The highest BCUT2D eigenvalue weighted by Crippen LogP contribution is 2.10. The van der Waals surface area contributed by atoms with Gasteiger partial charge in [-0.3, -0.25) is 4.90 Å². The van der Waals surface area contributed by atoms with E-state index in [-0.39, 0.29) is 24.8 Å². The molecule has 0 aromatic carbocycles. The van der Waals surface area contributed by atoms with Gasteiger partial charge in [-0.15, -0.1) is 24.8 Å². The summed E-state index contributed by atoms with van der Waals surface area (Å²) in [4.78, 5) is 2.56. The van der Waals surface area contributed by atoms with Gasteiger partial charge in [0.2, 0.25) is 0 Å². The lowest BCUT2D eigenvalue weighted by Crippen LogP contribution is -2.54. The fourth-order valence-electron chi connectivity index (χ4n) is 1.72. The van der Waals surface area contributed by atoms with E-state index in [0.717, 1.165) is 12.5 Å². The van der Waals surface area contributed by atoms with Crippen molar-refractivity contribution < 1.29 is 0 Å². The van der Waals surface area contributed by atoms with Gasteiger partial charge in [0.25, 0.3) is 0 Å². The van der Waals surface area contributed by atoms with Crippen molar-refractivity contribution >= 4 is 24.8 Å². The summed E-state index contributed by atoms with van der Waals surface area (Å²) in [7, 11) is 0. The Labute approximate surface area is 101 Å². The molecular formula is C10H24Cl2N2. The van der Waals surface area contributed by atoms with Crippen LogP contribution in [0.5, 0.6) is 0 Å². The molecular weight excluding hydrogens is 219 g/mol. The predicted octanol–water partition coefficient (Wildman–Crippen LogP) is 2.17. The van der Waals surface area contributed by atoms with Gasteiger partial charge in [-0.2, -0.15) is 0 Å². The van der Waals surface area contributed by atoms with Crippen LogP contribution in [0.15, 0.2) is 0 Å². The van der Waals surface area contributed by atoms with Crippen molar-refractivity contribution in [2.45, 2.75) is 39.8 Å². The van der Waals surface area contributed by atoms with Gasteiger partial charge in [-0.1, -0.05) is 13.8 Å². The van der Waals surface area contributed by atoms with Gasteiger partial charge in [0.15, 0.2) is 0 Å².